The highest BCUT2D eigenvalue weighted by molar-refractivity contribution is 6.31. The Morgan fingerprint density at radius 3 is 2.48 bits per heavy atom. The minimum absolute atomic E-state index is 0.210. The van der Waals surface area contributed by atoms with E-state index in [1.54, 1.807) is 0 Å². The Hall–Kier alpha value is -2.20. The van der Waals surface area contributed by atoms with Crippen molar-refractivity contribution in [2.24, 2.45) is 0 Å². The molecule has 27 heavy (non-hydrogen) atoms. The van der Waals surface area contributed by atoms with Crippen LogP contribution in [0.2, 0.25) is 5.02 Å². The van der Waals surface area contributed by atoms with Crippen molar-refractivity contribution in [2.75, 3.05) is 42.9 Å². The molecule has 0 bridgehead atoms. The zero-order valence-electron chi connectivity index (χ0n) is 16.4. The largest absolute Gasteiger partial charge is 0.384 e. The quantitative estimate of drug-likeness (QED) is 0.827. The van der Waals surface area contributed by atoms with E-state index >= 15 is 0 Å². The Labute approximate surface area is 167 Å². The molecule has 0 unspecified atom stereocenters. The summed E-state index contributed by atoms with van der Waals surface area (Å²) >= 11 is 6.14. The van der Waals surface area contributed by atoms with Gasteiger partial charge in [0.25, 0.3) is 0 Å². The van der Waals surface area contributed by atoms with Crippen LogP contribution in [0.1, 0.15) is 23.1 Å². The number of nitrogens with zero attached hydrogens (tertiary/aromatic N) is 2. The first kappa shape index (κ1) is 19.6. The fourth-order valence-corrected chi connectivity index (χ4v) is 3.63. The van der Waals surface area contributed by atoms with Crippen molar-refractivity contribution in [1.29, 1.82) is 0 Å². The van der Waals surface area contributed by atoms with Crippen molar-refractivity contribution < 1.29 is 4.79 Å². The van der Waals surface area contributed by atoms with Crippen LogP contribution >= 0.6 is 11.6 Å². The Kier molecular flexibility index (Phi) is 6.27. The van der Waals surface area contributed by atoms with Gasteiger partial charge in [-0.1, -0.05) is 29.8 Å². The van der Waals surface area contributed by atoms with Crippen LogP contribution in [0.25, 0.3) is 0 Å². The van der Waals surface area contributed by atoms with Crippen molar-refractivity contribution in [3.05, 3.63) is 58.1 Å². The van der Waals surface area contributed by atoms with Crippen LogP contribution < -0.4 is 10.2 Å². The second kappa shape index (κ2) is 8.66. The Morgan fingerprint density at radius 1 is 1.04 bits per heavy atom. The molecule has 4 nitrogen and oxygen atoms in total. The van der Waals surface area contributed by atoms with Crippen LogP contribution in [-0.2, 0) is 4.79 Å². The number of halogens is 1. The molecule has 1 aliphatic heterocycles. The maximum Gasteiger partial charge on any atom is 0.224 e. The minimum Gasteiger partial charge on any atom is -0.384 e. The van der Waals surface area contributed by atoms with Gasteiger partial charge in [-0.15, -0.1) is 0 Å². The van der Waals surface area contributed by atoms with Crippen LogP contribution in [0.5, 0.6) is 0 Å². The van der Waals surface area contributed by atoms with E-state index in [4.69, 9.17) is 11.6 Å². The lowest BCUT2D eigenvalue weighted by atomic mass is 10.1. The third kappa shape index (κ3) is 4.75. The standard InChI is InChI=1S/C22H28ClN3O/c1-16-5-4-6-21(18(16)3)25-11-13-26(14-12-25)22(27)9-10-24-19-8-7-17(2)20(23)15-19/h4-8,15,24H,9-14H2,1-3H3. The number of nitrogens with one attached hydrogen (secondary N) is 1. The molecule has 1 saturated heterocycles. The molecular weight excluding hydrogens is 358 g/mol. The van der Waals surface area contributed by atoms with E-state index in [2.05, 4.69) is 42.3 Å². The molecule has 0 radical (unpaired) electrons. The molecule has 1 heterocycles. The third-order valence-corrected chi connectivity index (χ3v) is 5.80. The fraction of sp³-hybridized carbons (Fsp3) is 0.409. The van der Waals surface area contributed by atoms with Crippen LogP contribution in [0.3, 0.4) is 0 Å². The summed E-state index contributed by atoms with van der Waals surface area (Å²) in [7, 11) is 0. The summed E-state index contributed by atoms with van der Waals surface area (Å²) in [5, 5.41) is 4.03. The van der Waals surface area contributed by atoms with Gasteiger partial charge in [-0.3, -0.25) is 4.79 Å². The maximum absolute atomic E-state index is 12.5. The van der Waals surface area contributed by atoms with Gasteiger partial charge in [-0.05, 0) is 55.7 Å². The van der Waals surface area contributed by atoms with E-state index in [9.17, 15) is 4.79 Å². The van der Waals surface area contributed by atoms with E-state index in [1.165, 1.54) is 16.8 Å². The first-order valence-electron chi connectivity index (χ1n) is 9.54. The van der Waals surface area contributed by atoms with Gasteiger partial charge >= 0.3 is 0 Å². The molecule has 2 aromatic rings. The van der Waals surface area contributed by atoms with Crippen LogP contribution in [0.15, 0.2) is 36.4 Å². The summed E-state index contributed by atoms with van der Waals surface area (Å²) in [4.78, 5) is 16.9. The number of piperazine rings is 1. The fourth-order valence-electron chi connectivity index (χ4n) is 3.45. The number of hydrogen-bond acceptors (Lipinski definition) is 3. The topological polar surface area (TPSA) is 35.6 Å². The minimum atomic E-state index is 0.210. The van der Waals surface area contributed by atoms with Gasteiger partial charge in [0.2, 0.25) is 5.91 Å². The molecule has 1 fully saturated rings. The summed E-state index contributed by atoms with van der Waals surface area (Å²) in [5.41, 5.74) is 5.95. The van der Waals surface area contributed by atoms with Gasteiger partial charge in [0.05, 0.1) is 0 Å². The average molecular weight is 386 g/mol. The summed E-state index contributed by atoms with van der Waals surface area (Å²) in [6.07, 6.45) is 0.495. The molecule has 3 rings (SSSR count). The zero-order valence-corrected chi connectivity index (χ0v) is 17.1. The van der Waals surface area contributed by atoms with Crippen LogP contribution in [-0.4, -0.2) is 43.5 Å². The average Bonchev–Trinajstić information content (AvgIpc) is 2.67. The number of aryl methyl sites for hydroxylation is 2. The molecule has 0 atom stereocenters. The third-order valence-electron chi connectivity index (χ3n) is 5.39. The van der Waals surface area contributed by atoms with E-state index in [0.29, 0.717) is 13.0 Å². The monoisotopic (exact) mass is 385 g/mol. The predicted molar refractivity (Wildman–Crippen MR) is 114 cm³/mol. The molecule has 0 spiro atoms. The molecule has 5 heteroatoms. The molecule has 1 N–H and O–H groups in total. The van der Waals surface area contributed by atoms with Crippen molar-refractivity contribution in [3.8, 4) is 0 Å². The van der Waals surface area contributed by atoms with Crippen molar-refractivity contribution in [3.63, 3.8) is 0 Å². The maximum atomic E-state index is 12.5. The number of amides is 1. The van der Waals surface area contributed by atoms with E-state index in [0.717, 1.165) is 42.5 Å². The van der Waals surface area contributed by atoms with Crippen LogP contribution in [0, 0.1) is 20.8 Å². The number of carbonyl (C=O) groups is 1. The SMILES string of the molecule is Cc1ccc(NCCC(=O)N2CCN(c3cccc(C)c3C)CC2)cc1Cl. The number of rotatable bonds is 5. The lowest BCUT2D eigenvalue weighted by molar-refractivity contribution is -0.131. The lowest BCUT2D eigenvalue weighted by Gasteiger charge is -2.37. The number of hydrogen-bond donors (Lipinski definition) is 1. The normalized spacial score (nSPS) is 14.4. The molecule has 0 aromatic heterocycles. The van der Waals surface area contributed by atoms with Crippen molar-refractivity contribution in [1.82, 2.24) is 4.90 Å². The molecule has 1 aliphatic rings. The zero-order chi connectivity index (χ0) is 19.4. The second-order valence-corrected chi connectivity index (χ2v) is 7.63. The number of benzene rings is 2. The highest BCUT2D eigenvalue weighted by Crippen LogP contribution is 2.24. The molecule has 1 amide bonds. The first-order valence-corrected chi connectivity index (χ1v) is 9.92. The smallest absolute Gasteiger partial charge is 0.224 e. The molecule has 144 valence electrons. The van der Waals surface area contributed by atoms with Gasteiger partial charge < -0.3 is 15.1 Å². The van der Waals surface area contributed by atoms with E-state index < -0.39 is 0 Å². The highest BCUT2D eigenvalue weighted by Gasteiger charge is 2.21. The van der Waals surface area contributed by atoms with Gasteiger partial charge in [0.1, 0.15) is 0 Å². The molecule has 0 aliphatic carbocycles. The summed E-state index contributed by atoms with van der Waals surface area (Å²) in [6.45, 7) is 10.3. The number of anilines is 2. The molecule has 2 aromatic carbocycles. The Bertz CT molecular complexity index is 813. The van der Waals surface area contributed by atoms with Gasteiger partial charge in [-0.2, -0.15) is 0 Å². The summed E-state index contributed by atoms with van der Waals surface area (Å²) < 4.78 is 0. The molecule has 0 saturated carbocycles. The highest BCUT2D eigenvalue weighted by atomic mass is 35.5. The van der Waals surface area contributed by atoms with Gasteiger partial charge in [0.15, 0.2) is 0 Å². The first-order chi connectivity index (χ1) is 13.0. The number of carbonyl (C=O) groups excluding carboxylic acids is 1. The van der Waals surface area contributed by atoms with Crippen LogP contribution in [0.4, 0.5) is 11.4 Å². The van der Waals surface area contributed by atoms with Gasteiger partial charge in [0, 0.05) is 55.5 Å². The predicted octanol–water partition coefficient (Wildman–Crippen LogP) is 4.42. The summed E-state index contributed by atoms with van der Waals surface area (Å²) in [5.74, 6) is 0.210. The lowest BCUT2D eigenvalue weighted by Crippen LogP contribution is -2.49. The second-order valence-electron chi connectivity index (χ2n) is 7.23. The van der Waals surface area contributed by atoms with E-state index in [-0.39, 0.29) is 5.91 Å². The Balaban J connectivity index is 1.47. The van der Waals surface area contributed by atoms with Gasteiger partial charge in [-0.25, -0.2) is 0 Å². The van der Waals surface area contributed by atoms with E-state index in [1.807, 2.05) is 30.0 Å². The Morgan fingerprint density at radius 2 is 1.78 bits per heavy atom. The summed E-state index contributed by atoms with van der Waals surface area (Å²) in [6, 6.07) is 12.3. The van der Waals surface area contributed by atoms with Crippen molar-refractivity contribution in [2.45, 2.75) is 27.2 Å². The molecular formula is C22H28ClN3O. The van der Waals surface area contributed by atoms with Crippen molar-refractivity contribution >= 4 is 28.9 Å².